The van der Waals surface area contributed by atoms with Gasteiger partial charge in [-0.3, -0.25) is 0 Å². The Kier molecular flexibility index (Phi) is 5.76. The smallest absolute Gasteiger partial charge is 0.162 e. The second-order valence-corrected chi connectivity index (χ2v) is 5.53. The van der Waals surface area contributed by atoms with Gasteiger partial charge >= 0.3 is 0 Å². The van der Waals surface area contributed by atoms with Crippen molar-refractivity contribution in [2.75, 3.05) is 7.11 Å². The summed E-state index contributed by atoms with van der Waals surface area (Å²) in [4.78, 5) is 0. The van der Waals surface area contributed by atoms with Crippen molar-refractivity contribution in [1.29, 1.82) is 0 Å². The summed E-state index contributed by atoms with van der Waals surface area (Å²) in [6.07, 6.45) is 4.78. The van der Waals surface area contributed by atoms with Crippen LogP contribution in [0, 0.1) is 5.92 Å². The molecule has 2 rings (SSSR count). The third-order valence-electron chi connectivity index (χ3n) is 3.56. The maximum absolute atomic E-state index is 10.1. The zero-order chi connectivity index (χ0) is 12.4. The zero-order valence-corrected chi connectivity index (χ0v) is 12.8. The Labute approximate surface area is 122 Å². The van der Waals surface area contributed by atoms with Gasteiger partial charge in [-0.25, -0.2) is 0 Å². The molecule has 1 aliphatic rings. The molecular weight excluding hydrogens is 318 g/mol. The van der Waals surface area contributed by atoms with E-state index in [1.165, 1.54) is 12.8 Å². The van der Waals surface area contributed by atoms with Gasteiger partial charge in [-0.05, 0) is 30.9 Å². The molecule has 0 heterocycles. The molecule has 1 aromatic carbocycles. The molecule has 0 bridgehead atoms. The minimum absolute atomic E-state index is 0. The van der Waals surface area contributed by atoms with E-state index in [9.17, 15) is 5.11 Å². The Morgan fingerprint density at radius 1 is 1.39 bits per heavy atom. The monoisotopic (exact) mass is 335 g/mol. The second-order valence-electron chi connectivity index (χ2n) is 4.62. The van der Waals surface area contributed by atoms with E-state index in [4.69, 9.17) is 10.5 Å². The van der Waals surface area contributed by atoms with Crippen LogP contribution in [0.2, 0.25) is 0 Å². The quantitative estimate of drug-likeness (QED) is 0.883. The van der Waals surface area contributed by atoms with Gasteiger partial charge < -0.3 is 15.6 Å². The van der Waals surface area contributed by atoms with Crippen LogP contribution in [0.4, 0.5) is 0 Å². The van der Waals surface area contributed by atoms with Gasteiger partial charge in [0.25, 0.3) is 0 Å². The van der Waals surface area contributed by atoms with Crippen molar-refractivity contribution in [2.45, 2.75) is 31.7 Å². The SMILES string of the molecule is COc1cc(Br)cc([C@H](N)C2CCCC2)c1O.Cl. The van der Waals surface area contributed by atoms with E-state index in [-0.39, 0.29) is 24.2 Å². The molecule has 0 unspecified atom stereocenters. The first-order valence-electron chi connectivity index (χ1n) is 5.95. The molecule has 0 radical (unpaired) electrons. The van der Waals surface area contributed by atoms with E-state index in [0.29, 0.717) is 11.7 Å². The third-order valence-corrected chi connectivity index (χ3v) is 4.01. The fourth-order valence-corrected chi connectivity index (χ4v) is 3.03. The maximum Gasteiger partial charge on any atom is 0.162 e. The van der Waals surface area contributed by atoms with Crippen LogP contribution < -0.4 is 10.5 Å². The Hall–Kier alpha value is -0.450. The summed E-state index contributed by atoms with van der Waals surface area (Å²) in [5.41, 5.74) is 7.04. The van der Waals surface area contributed by atoms with E-state index >= 15 is 0 Å². The summed E-state index contributed by atoms with van der Waals surface area (Å²) in [6, 6.07) is 3.53. The molecule has 0 spiro atoms. The number of ether oxygens (including phenoxy) is 1. The normalized spacial score (nSPS) is 17.3. The first kappa shape index (κ1) is 15.6. The lowest BCUT2D eigenvalue weighted by atomic mass is 9.92. The first-order valence-corrected chi connectivity index (χ1v) is 6.74. The largest absolute Gasteiger partial charge is 0.504 e. The first-order chi connectivity index (χ1) is 8.13. The van der Waals surface area contributed by atoms with E-state index < -0.39 is 0 Å². The van der Waals surface area contributed by atoms with E-state index in [1.807, 2.05) is 6.07 Å². The highest BCUT2D eigenvalue weighted by molar-refractivity contribution is 9.10. The lowest BCUT2D eigenvalue weighted by Gasteiger charge is -2.21. The number of nitrogens with two attached hydrogens (primary N) is 1. The van der Waals surface area contributed by atoms with Gasteiger partial charge in [0.05, 0.1) is 7.11 Å². The third kappa shape index (κ3) is 3.11. The van der Waals surface area contributed by atoms with Crippen molar-refractivity contribution in [2.24, 2.45) is 11.7 Å². The lowest BCUT2D eigenvalue weighted by molar-refractivity contribution is 0.359. The Morgan fingerprint density at radius 3 is 2.56 bits per heavy atom. The number of rotatable bonds is 3. The number of hydrogen-bond acceptors (Lipinski definition) is 3. The molecule has 1 aromatic rings. The number of halogens is 2. The predicted molar refractivity (Wildman–Crippen MR) is 78.5 cm³/mol. The van der Waals surface area contributed by atoms with Crippen molar-refractivity contribution in [3.05, 3.63) is 22.2 Å². The van der Waals surface area contributed by atoms with Gasteiger partial charge in [-0.15, -0.1) is 12.4 Å². The zero-order valence-electron chi connectivity index (χ0n) is 10.4. The highest BCUT2D eigenvalue weighted by Gasteiger charge is 2.26. The summed E-state index contributed by atoms with van der Waals surface area (Å²) >= 11 is 3.42. The Bertz CT molecular complexity index is 408. The second kappa shape index (κ2) is 6.64. The summed E-state index contributed by atoms with van der Waals surface area (Å²) in [6.45, 7) is 0. The molecule has 3 N–H and O–H groups in total. The maximum atomic E-state index is 10.1. The Balaban J connectivity index is 0.00000162. The van der Waals surface area contributed by atoms with E-state index in [0.717, 1.165) is 22.9 Å². The minimum Gasteiger partial charge on any atom is -0.504 e. The van der Waals surface area contributed by atoms with Crippen LogP contribution >= 0.6 is 28.3 Å². The summed E-state index contributed by atoms with van der Waals surface area (Å²) in [7, 11) is 1.55. The molecular formula is C13H19BrClNO2. The summed E-state index contributed by atoms with van der Waals surface area (Å²) < 4.78 is 6.03. The molecule has 0 aliphatic heterocycles. The van der Waals surface area contributed by atoms with E-state index in [1.54, 1.807) is 13.2 Å². The average molecular weight is 337 g/mol. The van der Waals surface area contributed by atoms with Gasteiger partial charge in [-0.2, -0.15) is 0 Å². The highest BCUT2D eigenvalue weighted by atomic mass is 79.9. The molecule has 1 fully saturated rings. The molecule has 0 saturated heterocycles. The van der Waals surface area contributed by atoms with Crippen LogP contribution in [0.25, 0.3) is 0 Å². The van der Waals surface area contributed by atoms with Crippen molar-refractivity contribution in [1.82, 2.24) is 0 Å². The molecule has 1 saturated carbocycles. The number of benzene rings is 1. The molecule has 18 heavy (non-hydrogen) atoms. The standard InChI is InChI=1S/C13H18BrNO2.ClH/c1-17-11-7-9(14)6-10(13(11)16)12(15)8-4-2-3-5-8;/h6-8,12,16H,2-5,15H2,1H3;1H/t12-;/m1./s1. The van der Waals surface area contributed by atoms with Crippen molar-refractivity contribution in [3.8, 4) is 11.5 Å². The lowest BCUT2D eigenvalue weighted by Crippen LogP contribution is -2.19. The fraction of sp³-hybridized carbons (Fsp3) is 0.538. The molecule has 3 nitrogen and oxygen atoms in total. The molecule has 1 aliphatic carbocycles. The topological polar surface area (TPSA) is 55.5 Å². The van der Waals surface area contributed by atoms with Crippen LogP contribution in [-0.2, 0) is 0 Å². The number of hydrogen-bond donors (Lipinski definition) is 2. The molecule has 1 atom stereocenters. The van der Waals surface area contributed by atoms with Crippen LogP contribution in [0.5, 0.6) is 11.5 Å². The summed E-state index contributed by atoms with van der Waals surface area (Å²) in [5, 5.41) is 10.1. The van der Waals surface area contributed by atoms with Gasteiger partial charge in [0.1, 0.15) is 0 Å². The molecule has 0 aromatic heterocycles. The number of methoxy groups -OCH3 is 1. The summed E-state index contributed by atoms with van der Waals surface area (Å²) in [5.74, 6) is 1.12. The Morgan fingerprint density at radius 2 is 2.00 bits per heavy atom. The average Bonchev–Trinajstić information content (AvgIpc) is 2.84. The number of aromatic hydroxyl groups is 1. The highest BCUT2D eigenvalue weighted by Crippen LogP contribution is 2.42. The van der Waals surface area contributed by atoms with Gasteiger partial charge in [0.15, 0.2) is 11.5 Å². The van der Waals surface area contributed by atoms with Crippen molar-refractivity contribution >= 4 is 28.3 Å². The molecule has 5 heteroatoms. The fourth-order valence-electron chi connectivity index (χ4n) is 2.57. The predicted octanol–water partition coefficient (Wildman–Crippen LogP) is 3.78. The number of phenols is 1. The molecule has 102 valence electrons. The van der Waals surface area contributed by atoms with Gasteiger partial charge in [0, 0.05) is 16.1 Å². The minimum atomic E-state index is -0.108. The van der Waals surface area contributed by atoms with Crippen molar-refractivity contribution in [3.63, 3.8) is 0 Å². The van der Waals surface area contributed by atoms with Crippen LogP contribution in [-0.4, -0.2) is 12.2 Å². The van der Waals surface area contributed by atoms with Crippen LogP contribution in [0.15, 0.2) is 16.6 Å². The van der Waals surface area contributed by atoms with Gasteiger partial charge in [0.2, 0.25) is 0 Å². The van der Waals surface area contributed by atoms with Crippen LogP contribution in [0.3, 0.4) is 0 Å². The van der Waals surface area contributed by atoms with Crippen molar-refractivity contribution < 1.29 is 9.84 Å². The van der Waals surface area contributed by atoms with E-state index in [2.05, 4.69) is 15.9 Å². The van der Waals surface area contributed by atoms with Crippen LogP contribution in [0.1, 0.15) is 37.3 Å². The van der Waals surface area contributed by atoms with Gasteiger partial charge in [-0.1, -0.05) is 28.8 Å². The molecule has 0 amide bonds. The number of phenolic OH excluding ortho intramolecular Hbond substituents is 1.